The van der Waals surface area contributed by atoms with Crippen LogP contribution in [0, 0.1) is 6.92 Å². The van der Waals surface area contributed by atoms with Crippen LogP contribution in [0.25, 0.3) is 27.8 Å². The molecule has 0 unspecified atom stereocenters. The highest BCUT2D eigenvalue weighted by atomic mass is 32.1. The van der Waals surface area contributed by atoms with E-state index in [1.165, 1.54) is 24.0 Å². The molecule has 2 aromatic heterocycles. The van der Waals surface area contributed by atoms with E-state index in [1.54, 1.807) is 11.4 Å². The average molecular weight is 468 g/mol. The van der Waals surface area contributed by atoms with Crippen molar-refractivity contribution in [2.75, 3.05) is 7.11 Å². The molecule has 3 aromatic carbocycles. The van der Waals surface area contributed by atoms with Gasteiger partial charge in [-0.25, -0.2) is 9.78 Å². The highest BCUT2D eigenvalue weighted by Crippen LogP contribution is 2.31. The maximum absolute atomic E-state index is 12.0. The number of benzene rings is 3. The molecular weight excluding hydrogens is 444 g/mol. The van der Waals surface area contributed by atoms with Gasteiger partial charge in [0.2, 0.25) is 16.7 Å². The highest BCUT2D eigenvalue weighted by Gasteiger charge is 2.21. The maximum atomic E-state index is 12.0. The number of hydrogen-bond acceptors (Lipinski definition) is 6. The quantitative estimate of drug-likeness (QED) is 0.124. The summed E-state index contributed by atoms with van der Waals surface area (Å²) in [5.41, 5.74) is 8.24. The number of carbonyl (C=O) groups excluding carboxylic acids is 1. The van der Waals surface area contributed by atoms with Crippen molar-refractivity contribution in [1.82, 2.24) is 4.98 Å². The van der Waals surface area contributed by atoms with Crippen LogP contribution in [0.15, 0.2) is 82.3 Å². The van der Waals surface area contributed by atoms with E-state index in [0.717, 1.165) is 39.7 Å². The van der Waals surface area contributed by atoms with Crippen LogP contribution in [0.2, 0.25) is 0 Å². The fourth-order valence-corrected chi connectivity index (χ4v) is 4.70. The lowest BCUT2D eigenvalue weighted by Gasteiger charge is -2.08. The lowest BCUT2D eigenvalue weighted by molar-refractivity contribution is -0.538. The molecule has 0 aliphatic carbocycles. The Balaban J connectivity index is 1.73. The molecule has 7 heteroatoms. The summed E-state index contributed by atoms with van der Waals surface area (Å²) in [5.74, 6) is -0.413. The van der Waals surface area contributed by atoms with E-state index in [9.17, 15) is 4.79 Å². The topological polar surface area (TPSA) is 67.8 Å². The summed E-state index contributed by atoms with van der Waals surface area (Å²) in [6, 6.07) is 22.5. The van der Waals surface area contributed by atoms with Crippen molar-refractivity contribution in [1.29, 1.82) is 0 Å². The first-order valence-electron chi connectivity index (χ1n) is 11.0. The lowest BCUT2D eigenvalue weighted by Crippen LogP contribution is -2.33. The van der Waals surface area contributed by atoms with E-state index in [2.05, 4.69) is 52.1 Å². The highest BCUT2D eigenvalue weighted by molar-refractivity contribution is 7.12. The van der Waals surface area contributed by atoms with Crippen LogP contribution < -0.4 is 4.57 Å². The summed E-state index contributed by atoms with van der Waals surface area (Å²) in [4.78, 5) is 17.4. The van der Waals surface area contributed by atoms with Gasteiger partial charge in [-0.3, -0.25) is 0 Å². The Kier molecular flexibility index (Phi) is 5.86. The molecule has 5 aromatic rings. The molecule has 0 N–H and O–H groups in total. The van der Waals surface area contributed by atoms with Gasteiger partial charge in [-0.1, -0.05) is 31.2 Å². The number of methoxy groups -OCH3 is 1. The van der Waals surface area contributed by atoms with Gasteiger partial charge in [-0.15, -0.1) is 26.1 Å². The van der Waals surface area contributed by atoms with Crippen molar-refractivity contribution in [2.24, 2.45) is 10.2 Å². The zero-order valence-corrected chi connectivity index (χ0v) is 20.0. The van der Waals surface area contributed by atoms with Gasteiger partial charge in [0, 0.05) is 24.3 Å². The number of hydrogen-bond donors (Lipinski definition) is 0. The van der Waals surface area contributed by atoms with Gasteiger partial charge in [0.05, 0.1) is 12.8 Å². The van der Waals surface area contributed by atoms with E-state index in [0.29, 0.717) is 16.3 Å². The van der Waals surface area contributed by atoms with Crippen LogP contribution in [-0.4, -0.2) is 18.1 Å². The minimum Gasteiger partial charge on any atom is -0.465 e. The Morgan fingerprint density at radius 1 is 0.971 bits per heavy atom. The lowest BCUT2D eigenvalue weighted by atomic mass is 10.1. The number of aryl methyl sites for hydroxylation is 2. The second-order valence-corrected chi connectivity index (χ2v) is 8.83. The largest absolute Gasteiger partial charge is 0.465 e. The number of aromatic nitrogens is 2. The molecule has 5 rings (SSSR count). The first-order valence-corrected chi connectivity index (χ1v) is 11.9. The minimum absolute atomic E-state index is 0.413. The van der Waals surface area contributed by atoms with E-state index in [4.69, 9.17) is 9.72 Å². The van der Waals surface area contributed by atoms with Gasteiger partial charge in [-0.05, 0) is 48.1 Å². The fourth-order valence-electron chi connectivity index (χ4n) is 3.96. The molecule has 0 spiro atoms. The zero-order valence-electron chi connectivity index (χ0n) is 19.1. The van der Waals surface area contributed by atoms with Crippen molar-refractivity contribution in [2.45, 2.75) is 20.3 Å². The molecular formula is C27H23N4O2S+. The van der Waals surface area contributed by atoms with Gasteiger partial charge in [0.15, 0.2) is 0 Å². The fraction of sp³-hybridized carbons (Fsp3) is 0.148. The Morgan fingerprint density at radius 2 is 1.74 bits per heavy atom. The van der Waals surface area contributed by atoms with Crippen LogP contribution in [0.3, 0.4) is 0 Å². The van der Waals surface area contributed by atoms with Crippen LogP contribution in [0.1, 0.15) is 27.7 Å². The van der Waals surface area contributed by atoms with Crippen molar-refractivity contribution in [3.8, 4) is 5.69 Å². The van der Waals surface area contributed by atoms with Crippen LogP contribution in [0.4, 0.5) is 11.4 Å². The maximum Gasteiger partial charge on any atom is 0.350 e. The second kappa shape index (κ2) is 9.11. The van der Waals surface area contributed by atoms with Crippen LogP contribution in [-0.2, 0) is 11.2 Å². The Labute approximate surface area is 201 Å². The van der Waals surface area contributed by atoms with Gasteiger partial charge in [0.1, 0.15) is 21.6 Å². The standard InChI is InChI=1S/C27H23N4O2S/c1-4-18-10-11-20-24(15-18)31(19-8-6-5-7-9-19)25-16-22(17(2)14-23(25)28-20)30-29-21-12-13-34-26(21)27(32)33-3/h5-16H,4H2,1-3H3/q+1. The Bertz CT molecular complexity index is 1560. The van der Waals surface area contributed by atoms with Gasteiger partial charge < -0.3 is 4.74 Å². The van der Waals surface area contributed by atoms with Crippen molar-refractivity contribution in [3.63, 3.8) is 0 Å². The molecule has 6 nitrogen and oxygen atoms in total. The van der Waals surface area contributed by atoms with Crippen molar-refractivity contribution < 1.29 is 14.1 Å². The second-order valence-electron chi connectivity index (χ2n) is 7.91. The molecule has 0 aliphatic rings. The number of para-hydroxylation sites is 1. The Hall–Kier alpha value is -3.97. The SMILES string of the molecule is CCc1ccc2nc3cc(C)c(N=Nc4ccsc4C(=O)OC)cc3[n+](-c3ccccc3)c2c1. The third-order valence-corrected chi connectivity index (χ3v) is 6.64. The van der Waals surface area contributed by atoms with Gasteiger partial charge >= 0.3 is 5.97 Å². The van der Waals surface area contributed by atoms with E-state index in [-0.39, 0.29) is 0 Å². The number of fused-ring (bicyclic) bond motifs is 2. The number of esters is 1. The molecule has 34 heavy (non-hydrogen) atoms. The number of nitrogens with zero attached hydrogens (tertiary/aromatic N) is 4. The zero-order chi connectivity index (χ0) is 23.7. The van der Waals surface area contributed by atoms with E-state index < -0.39 is 5.97 Å². The summed E-state index contributed by atoms with van der Waals surface area (Å²) >= 11 is 1.29. The monoisotopic (exact) mass is 467 g/mol. The summed E-state index contributed by atoms with van der Waals surface area (Å²) < 4.78 is 7.07. The van der Waals surface area contributed by atoms with Crippen LogP contribution >= 0.6 is 11.3 Å². The molecule has 168 valence electrons. The smallest absolute Gasteiger partial charge is 0.350 e. The van der Waals surface area contributed by atoms with Crippen molar-refractivity contribution >= 4 is 50.7 Å². The third-order valence-electron chi connectivity index (χ3n) is 5.76. The number of azo groups is 1. The molecule has 0 radical (unpaired) electrons. The normalized spacial score (nSPS) is 11.5. The molecule has 0 fully saturated rings. The van der Waals surface area contributed by atoms with E-state index >= 15 is 0 Å². The van der Waals surface area contributed by atoms with Crippen molar-refractivity contribution in [3.05, 3.63) is 88.1 Å². The van der Waals surface area contributed by atoms with Gasteiger partial charge in [0.25, 0.3) is 0 Å². The summed E-state index contributed by atoms with van der Waals surface area (Å²) in [7, 11) is 1.36. The van der Waals surface area contributed by atoms with E-state index in [1.807, 2.05) is 37.3 Å². The molecule has 0 bridgehead atoms. The predicted octanol–water partition coefficient (Wildman–Crippen LogP) is 6.80. The number of rotatable bonds is 5. The first kappa shape index (κ1) is 21.9. The molecule has 0 atom stereocenters. The molecule has 0 saturated carbocycles. The number of carbonyl (C=O) groups is 1. The van der Waals surface area contributed by atoms with Gasteiger partial charge in [-0.2, -0.15) is 0 Å². The first-order chi connectivity index (χ1) is 16.6. The predicted molar refractivity (Wildman–Crippen MR) is 135 cm³/mol. The summed E-state index contributed by atoms with van der Waals surface area (Å²) in [5, 5.41) is 10.7. The third kappa shape index (κ3) is 3.95. The molecule has 0 amide bonds. The molecule has 0 saturated heterocycles. The molecule has 0 aliphatic heterocycles. The van der Waals surface area contributed by atoms with Crippen LogP contribution in [0.5, 0.6) is 0 Å². The number of thiophene rings is 1. The average Bonchev–Trinajstić information content (AvgIpc) is 3.34. The summed E-state index contributed by atoms with van der Waals surface area (Å²) in [6.07, 6.45) is 0.944. The molecule has 2 heterocycles. The summed E-state index contributed by atoms with van der Waals surface area (Å²) in [6.45, 7) is 4.14. The Morgan fingerprint density at radius 3 is 2.50 bits per heavy atom. The minimum atomic E-state index is -0.413. The number of ether oxygens (including phenoxy) is 1.